The molecule has 0 aliphatic carbocycles. The van der Waals surface area contributed by atoms with Crippen molar-refractivity contribution >= 4 is 28.4 Å². The summed E-state index contributed by atoms with van der Waals surface area (Å²) in [6.07, 6.45) is 3.01. The molecule has 1 aromatic heterocycles. The number of ether oxygens (including phenoxy) is 1. The lowest BCUT2D eigenvalue weighted by Crippen LogP contribution is -2.26. The summed E-state index contributed by atoms with van der Waals surface area (Å²) in [7, 11) is 0. The fourth-order valence-corrected chi connectivity index (χ4v) is 2.26. The Balaban J connectivity index is 1.78. The van der Waals surface area contributed by atoms with E-state index in [1.54, 1.807) is 6.20 Å². The summed E-state index contributed by atoms with van der Waals surface area (Å²) in [6, 6.07) is 5.62. The van der Waals surface area contributed by atoms with Gasteiger partial charge in [0, 0.05) is 36.6 Å². The van der Waals surface area contributed by atoms with E-state index in [1.165, 1.54) is 0 Å². The Morgan fingerprint density at radius 3 is 3.14 bits per heavy atom. The first-order chi connectivity index (χ1) is 10.2. The normalized spacial score (nSPS) is 11.0. The van der Waals surface area contributed by atoms with E-state index in [9.17, 15) is 4.79 Å². The van der Waals surface area contributed by atoms with E-state index in [2.05, 4.69) is 10.4 Å². The average molecular weight is 310 g/mol. The van der Waals surface area contributed by atoms with Crippen LogP contribution in [-0.2, 0) is 16.1 Å². The van der Waals surface area contributed by atoms with Gasteiger partial charge in [0.2, 0.25) is 5.91 Å². The average Bonchev–Trinajstić information content (AvgIpc) is 2.87. The van der Waals surface area contributed by atoms with Crippen molar-refractivity contribution in [3.63, 3.8) is 0 Å². The molecule has 0 bridgehead atoms. The van der Waals surface area contributed by atoms with Crippen LogP contribution >= 0.6 is 11.6 Å². The Hall–Kier alpha value is -1.59. The van der Waals surface area contributed by atoms with E-state index in [1.807, 2.05) is 29.8 Å². The van der Waals surface area contributed by atoms with Crippen molar-refractivity contribution in [3.8, 4) is 0 Å². The Morgan fingerprint density at radius 2 is 2.33 bits per heavy atom. The fourth-order valence-electron chi connectivity index (χ4n) is 2.08. The summed E-state index contributed by atoms with van der Waals surface area (Å²) in [5.41, 5.74) is 0.989. The van der Waals surface area contributed by atoms with Gasteiger partial charge in [0.05, 0.1) is 18.3 Å². The van der Waals surface area contributed by atoms with Gasteiger partial charge in [-0.3, -0.25) is 9.48 Å². The number of halogens is 1. The van der Waals surface area contributed by atoms with Gasteiger partial charge in [0.25, 0.3) is 0 Å². The fraction of sp³-hybridized carbons (Fsp3) is 0.467. The van der Waals surface area contributed by atoms with Crippen LogP contribution in [0.1, 0.15) is 19.8 Å². The maximum Gasteiger partial charge on any atom is 0.221 e. The van der Waals surface area contributed by atoms with Gasteiger partial charge in [-0.25, -0.2) is 0 Å². The number of nitrogens with one attached hydrogen (secondary N) is 1. The molecule has 1 N–H and O–H groups in total. The second-order valence-corrected chi connectivity index (χ2v) is 5.16. The summed E-state index contributed by atoms with van der Waals surface area (Å²) >= 11 is 5.94. The van der Waals surface area contributed by atoms with Crippen LogP contribution in [0, 0.1) is 0 Å². The largest absolute Gasteiger partial charge is 0.382 e. The van der Waals surface area contributed by atoms with Crippen LogP contribution in [0.4, 0.5) is 0 Å². The van der Waals surface area contributed by atoms with Gasteiger partial charge in [0.1, 0.15) is 0 Å². The number of nitrogens with zero attached hydrogens (tertiary/aromatic N) is 2. The maximum atomic E-state index is 11.7. The lowest BCUT2D eigenvalue weighted by Gasteiger charge is -2.06. The standard InChI is InChI=1S/C15H20ClN3O2/c1-2-21-9-3-7-17-15(20)6-8-19-14-5-4-13(16)10-12(14)11-18-19/h4-5,10-11H,2-3,6-9H2,1H3,(H,17,20). The molecule has 0 spiro atoms. The molecule has 0 aliphatic rings. The molecule has 21 heavy (non-hydrogen) atoms. The highest BCUT2D eigenvalue weighted by Gasteiger charge is 2.06. The van der Waals surface area contributed by atoms with Crippen LogP contribution in [0.15, 0.2) is 24.4 Å². The Morgan fingerprint density at radius 1 is 1.48 bits per heavy atom. The molecule has 1 aromatic carbocycles. The first kappa shape index (κ1) is 15.8. The molecule has 0 aliphatic heterocycles. The summed E-state index contributed by atoms with van der Waals surface area (Å²) in [5, 5.41) is 8.84. The Kier molecular flexibility index (Phi) is 6.02. The van der Waals surface area contributed by atoms with E-state index >= 15 is 0 Å². The first-order valence-corrected chi connectivity index (χ1v) is 7.54. The number of hydrogen-bond acceptors (Lipinski definition) is 3. The molecule has 6 heteroatoms. The molecule has 0 atom stereocenters. The van der Waals surface area contributed by atoms with E-state index in [4.69, 9.17) is 16.3 Å². The van der Waals surface area contributed by atoms with Crippen LogP contribution in [0.3, 0.4) is 0 Å². The molecule has 1 amide bonds. The number of aryl methyl sites for hydroxylation is 1. The van der Waals surface area contributed by atoms with Crippen molar-refractivity contribution in [3.05, 3.63) is 29.4 Å². The number of amides is 1. The van der Waals surface area contributed by atoms with E-state index in [-0.39, 0.29) is 5.91 Å². The van der Waals surface area contributed by atoms with Crippen molar-refractivity contribution < 1.29 is 9.53 Å². The highest BCUT2D eigenvalue weighted by atomic mass is 35.5. The zero-order chi connectivity index (χ0) is 15.1. The van der Waals surface area contributed by atoms with Crippen molar-refractivity contribution in [2.75, 3.05) is 19.8 Å². The van der Waals surface area contributed by atoms with E-state index < -0.39 is 0 Å². The molecule has 0 fully saturated rings. The van der Waals surface area contributed by atoms with Crippen molar-refractivity contribution in [2.45, 2.75) is 26.3 Å². The SMILES string of the molecule is CCOCCCNC(=O)CCn1ncc2cc(Cl)ccc21. The zero-order valence-electron chi connectivity index (χ0n) is 12.1. The van der Waals surface area contributed by atoms with Crippen LogP contribution in [0.2, 0.25) is 5.02 Å². The highest BCUT2D eigenvalue weighted by Crippen LogP contribution is 2.18. The van der Waals surface area contributed by atoms with Crippen LogP contribution in [0.25, 0.3) is 10.9 Å². The monoisotopic (exact) mass is 309 g/mol. The molecule has 0 unspecified atom stereocenters. The topological polar surface area (TPSA) is 56.1 Å². The smallest absolute Gasteiger partial charge is 0.221 e. The predicted molar refractivity (Wildman–Crippen MR) is 83.5 cm³/mol. The number of aromatic nitrogens is 2. The molecular weight excluding hydrogens is 290 g/mol. The molecule has 2 aromatic rings. The molecule has 0 saturated carbocycles. The summed E-state index contributed by atoms with van der Waals surface area (Å²) < 4.78 is 7.04. The summed E-state index contributed by atoms with van der Waals surface area (Å²) in [6.45, 7) is 4.56. The van der Waals surface area contributed by atoms with Gasteiger partial charge in [-0.05, 0) is 31.5 Å². The van der Waals surface area contributed by atoms with Gasteiger partial charge in [-0.1, -0.05) is 11.6 Å². The second-order valence-electron chi connectivity index (χ2n) is 4.72. The van der Waals surface area contributed by atoms with Gasteiger partial charge < -0.3 is 10.1 Å². The van der Waals surface area contributed by atoms with Gasteiger partial charge >= 0.3 is 0 Å². The highest BCUT2D eigenvalue weighted by molar-refractivity contribution is 6.31. The number of benzene rings is 1. The number of hydrogen-bond donors (Lipinski definition) is 1. The summed E-state index contributed by atoms with van der Waals surface area (Å²) in [5.74, 6) is 0.0316. The number of fused-ring (bicyclic) bond motifs is 1. The molecule has 0 saturated heterocycles. The van der Waals surface area contributed by atoms with Gasteiger partial charge in [0.15, 0.2) is 0 Å². The van der Waals surface area contributed by atoms with E-state index in [0.29, 0.717) is 37.7 Å². The first-order valence-electron chi connectivity index (χ1n) is 7.16. The zero-order valence-corrected chi connectivity index (χ0v) is 12.9. The molecular formula is C15H20ClN3O2. The minimum atomic E-state index is 0.0316. The quantitative estimate of drug-likeness (QED) is 0.763. The van der Waals surface area contributed by atoms with Gasteiger partial charge in [-0.2, -0.15) is 5.10 Å². The molecule has 114 valence electrons. The molecule has 1 heterocycles. The van der Waals surface area contributed by atoms with Crippen molar-refractivity contribution in [1.82, 2.24) is 15.1 Å². The molecule has 2 rings (SSSR count). The van der Waals surface area contributed by atoms with Crippen molar-refractivity contribution in [2.24, 2.45) is 0 Å². The lowest BCUT2D eigenvalue weighted by molar-refractivity contribution is -0.121. The van der Waals surface area contributed by atoms with E-state index in [0.717, 1.165) is 17.3 Å². The van der Waals surface area contributed by atoms with Crippen LogP contribution in [0.5, 0.6) is 0 Å². The second kappa shape index (κ2) is 8.00. The third-order valence-electron chi connectivity index (χ3n) is 3.15. The Labute approximate surface area is 129 Å². The van der Waals surface area contributed by atoms with Crippen LogP contribution < -0.4 is 5.32 Å². The lowest BCUT2D eigenvalue weighted by atomic mass is 10.2. The maximum absolute atomic E-state index is 11.7. The predicted octanol–water partition coefficient (Wildman–Crippen LogP) is 2.62. The van der Waals surface area contributed by atoms with Crippen LogP contribution in [-0.4, -0.2) is 35.4 Å². The minimum Gasteiger partial charge on any atom is -0.382 e. The Bertz CT molecular complexity index is 598. The van der Waals surface area contributed by atoms with Gasteiger partial charge in [-0.15, -0.1) is 0 Å². The number of rotatable bonds is 8. The summed E-state index contributed by atoms with van der Waals surface area (Å²) in [4.78, 5) is 11.7. The third kappa shape index (κ3) is 4.72. The third-order valence-corrected chi connectivity index (χ3v) is 3.38. The molecule has 5 nitrogen and oxygen atoms in total. The number of carbonyl (C=O) groups is 1. The van der Waals surface area contributed by atoms with Crippen molar-refractivity contribution in [1.29, 1.82) is 0 Å². The number of carbonyl (C=O) groups excluding carboxylic acids is 1. The molecule has 0 radical (unpaired) electrons. The minimum absolute atomic E-state index is 0.0316.